The summed E-state index contributed by atoms with van der Waals surface area (Å²) in [7, 11) is 1.62. The summed E-state index contributed by atoms with van der Waals surface area (Å²) in [6.07, 6.45) is 4.56. The normalized spacial score (nSPS) is 23.9. The van der Waals surface area contributed by atoms with Crippen molar-refractivity contribution >= 4 is 11.2 Å². The van der Waals surface area contributed by atoms with Crippen LogP contribution in [0.15, 0.2) is 9.59 Å². The quantitative estimate of drug-likeness (QED) is 0.811. The predicted molar refractivity (Wildman–Crippen MR) is 72.3 cm³/mol. The first-order chi connectivity index (χ1) is 9.06. The number of nitrogens with one attached hydrogen (secondary N) is 2. The molecule has 1 aliphatic carbocycles. The molecule has 1 aliphatic rings. The molecule has 0 radical (unpaired) electrons. The maximum atomic E-state index is 11.8. The second-order valence-electron chi connectivity index (χ2n) is 5.60. The molecule has 0 amide bonds. The maximum Gasteiger partial charge on any atom is 0.329 e. The summed E-state index contributed by atoms with van der Waals surface area (Å²) in [4.78, 5) is 33.2. The molecular formula is C13H18N4O2. The second-order valence-corrected chi connectivity index (χ2v) is 5.60. The van der Waals surface area contributed by atoms with Crippen molar-refractivity contribution in [2.45, 2.75) is 38.5 Å². The molecule has 19 heavy (non-hydrogen) atoms. The lowest BCUT2D eigenvalue weighted by molar-refractivity contribution is 0.341. The first kappa shape index (κ1) is 12.2. The molecule has 0 unspecified atom stereocenters. The Bertz CT molecular complexity index is 716. The van der Waals surface area contributed by atoms with Gasteiger partial charge in [0.1, 0.15) is 11.3 Å². The van der Waals surface area contributed by atoms with Gasteiger partial charge in [-0.2, -0.15) is 0 Å². The number of imidazole rings is 1. The lowest BCUT2D eigenvalue weighted by Crippen LogP contribution is -2.28. The van der Waals surface area contributed by atoms with Gasteiger partial charge in [-0.3, -0.25) is 14.3 Å². The van der Waals surface area contributed by atoms with Gasteiger partial charge in [0.25, 0.3) is 5.56 Å². The molecule has 2 heterocycles. The summed E-state index contributed by atoms with van der Waals surface area (Å²) in [6.45, 7) is 2.27. The van der Waals surface area contributed by atoms with Gasteiger partial charge in [0.2, 0.25) is 0 Å². The standard InChI is InChI=1S/C13H18N4O2/c1-7-3-5-8(6-4-7)10-14-9-11(15-10)17(2)13(19)16-12(9)18/h7-8H,3-6H2,1-2H3,(H,14,15)(H,16,18,19). The van der Waals surface area contributed by atoms with Crippen LogP contribution < -0.4 is 11.2 Å². The van der Waals surface area contributed by atoms with E-state index in [1.807, 2.05) is 0 Å². The maximum absolute atomic E-state index is 11.8. The van der Waals surface area contributed by atoms with Crippen molar-refractivity contribution in [1.82, 2.24) is 19.5 Å². The van der Waals surface area contributed by atoms with Crippen molar-refractivity contribution in [2.24, 2.45) is 13.0 Å². The van der Waals surface area contributed by atoms with E-state index < -0.39 is 5.69 Å². The summed E-state index contributed by atoms with van der Waals surface area (Å²) in [6, 6.07) is 0. The van der Waals surface area contributed by atoms with Crippen LogP contribution in [0.2, 0.25) is 0 Å². The van der Waals surface area contributed by atoms with Gasteiger partial charge < -0.3 is 4.98 Å². The van der Waals surface area contributed by atoms with E-state index in [1.165, 1.54) is 17.4 Å². The van der Waals surface area contributed by atoms with E-state index in [1.54, 1.807) is 7.05 Å². The number of hydrogen-bond acceptors (Lipinski definition) is 3. The number of fused-ring (bicyclic) bond motifs is 1. The highest BCUT2D eigenvalue weighted by molar-refractivity contribution is 5.69. The Kier molecular flexibility index (Phi) is 2.80. The SMILES string of the molecule is CC1CCC(c2nc3c([nH]2)c(=O)[nH]c(=O)n3C)CC1. The summed E-state index contributed by atoms with van der Waals surface area (Å²) in [5, 5.41) is 0. The number of rotatable bonds is 1. The van der Waals surface area contributed by atoms with Gasteiger partial charge in [0.05, 0.1) is 0 Å². The molecule has 0 atom stereocenters. The van der Waals surface area contributed by atoms with Crippen molar-refractivity contribution in [3.05, 3.63) is 26.7 Å². The van der Waals surface area contributed by atoms with E-state index in [9.17, 15) is 9.59 Å². The lowest BCUT2D eigenvalue weighted by Gasteiger charge is -2.24. The van der Waals surface area contributed by atoms with Gasteiger partial charge in [-0.25, -0.2) is 9.78 Å². The van der Waals surface area contributed by atoms with Crippen LogP contribution in [0, 0.1) is 5.92 Å². The zero-order valence-corrected chi connectivity index (χ0v) is 11.2. The van der Waals surface area contributed by atoms with Gasteiger partial charge >= 0.3 is 5.69 Å². The summed E-state index contributed by atoms with van der Waals surface area (Å²) in [5.74, 6) is 1.99. The van der Waals surface area contributed by atoms with Crippen LogP contribution in [0.5, 0.6) is 0 Å². The molecule has 6 heteroatoms. The third kappa shape index (κ3) is 2.01. The Balaban J connectivity index is 2.07. The van der Waals surface area contributed by atoms with E-state index in [0.29, 0.717) is 17.1 Å². The van der Waals surface area contributed by atoms with Crippen molar-refractivity contribution < 1.29 is 0 Å². The number of hydrogen-bond donors (Lipinski definition) is 2. The van der Waals surface area contributed by atoms with E-state index in [0.717, 1.165) is 24.6 Å². The Morgan fingerprint density at radius 2 is 1.84 bits per heavy atom. The molecule has 0 spiro atoms. The van der Waals surface area contributed by atoms with Crippen LogP contribution in [0.3, 0.4) is 0 Å². The number of H-pyrrole nitrogens is 2. The van der Waals surface area contributed by atoms with E-state index >= 15 is 0 Å². The molecule has 2 aromatic rings. The smallest absolute Gasteiger partial charge is 0.329 e. The molecule has 0 aliphatic heterocycles. The monoisotopic (exact) mass is 262 g/mol. The van der Waals surface area contributed by atoms with Gasteiger partial charge in [-0.1, -0.05) is 19.8 Å². The molecule has 0 bridgehead atoms. The van der Waals surface area contributed by atoms with Crippen LogP contribution >= 0.6 is 0 Å². The molecule has 3 rings (SSSR count). The van der Waals surface area contributed by atoms with E-state index in [-0.39, 0.29) is 5.56 Å². The van der Waals surface area contributed by atoms with Crippen LogP contribution in [-0.4, -0.2) is 19.5 Å². The van der Waals surface area contributed by atoms with Crippen LogP contribution in [0.1, 0.15) is 44.3 Å². The minimum Gasteiger partial charge on any atom is -0.336 e. The first-order valence-electron chi connectivity index (χ1n) is 6.75. The van der Waals surface area contributed by atoms with Crippen LogP contribution in [0.25, 0.3) is 11.2 Å². The number of aryl methyl sites for hydroxylation is 1. The highest BCUT2D eigenvalue weighted by Gasteiger charge is 2.23. The molecule has 6 nitrogen and oxygen atoms in total. The summed E-state index contributed by atoms with van der Waals surface area (Å²) in [5.41, 5.74) is 0.0342. The number of aromatic nitrogens is 4. The molecule has 102 valence electrons. The van der Waals surface area contributed by atoms with Crippen molar-refractivity contribution in [3.8, 4) is 0 Å². The molecule has 2 N–H and O–H groups in total. The highest BCUT2D eigenvalue weighted by atomic mass is 16.2. The summed E-state index contributed by atoms with van der Waals surface area (Å²) >= 11 is 0. The number of aromatic amines is 2. The molecular weight excluding hydrogens is 244 g/mol. The fourth-order valence-corrected chi connectivity index (χ4v) is 2.85. The third-order valence-electron chi connectivity index (χ3n) is 4.18. The van der Waals surface area contributed by atoms with Gasteiger partial charge in [-0.15, -0.1) is 0 Å². The minimum absolute atomic E-state index is 0.373. The second kappa shape index (κ2) is 4.36. The molecule has 1 fully saturated rings. The van der Waals surface area contributed by atoms with Gasteiger partial charge in [0.15, 0.2) is 5.65 Å². The fraction of sp³-hybridized carbons (Fsp3) is 0.615. The first-order valence-corrected chi connectivity index (χ1v) is 6.75. The average molecular weight is 262 g/mol. The minimum atomic E-state index is -0.423. The molecule has 1 saturated carbocycles. The van der Waals surface area contributed by atoms with Gasteiger partial charge in [0, 0.05) is 13.0 Å². The zero-order valence-electron chi connectivity index (χ0n) is 11.2. The van der Waals surface area contributed by atoms with Crippen molar-refractivity contribution in [2.75, 3.05) is 0 Å². The van der Waals surface area contributed by atoms with Crippen LogP contribution in [0.4, 0.5) is 0 Å². The number of nitrogens with zero attached hydrogens (tertiary/aromatic N) is 2. The molecule has 0 aromatic carbocycles. The largest absolute Gasteiger partial charge is 0.336 e. The topological polar surface area (TPSA) is 83.5 Å². The summed E-state index contributed by atoms with van der Waals surface area (Å²) < 4.78 is 1.38. The Morgan fingerprint density at radius 1 is 1.16 bits per heavy atom. The van der Waals surface area contributed by atoms with E-state index in [4.69, 9.17) is 0 Å². The predicted octanol–water partition coefficient (Wildman–Crippen LogP) is 1.24. The highest BCUT2D eigenvalue weighted by Crippen LogP contribution is 2.34. The Morgan fingerprint density at radius 3 is 2.53 bits per heavy atom. The fourth-order valence-electron chi connectivity index (χ4n) is 2.85. The van der Waals surface area contributed by atoms with Crippen molar-refractivity contribution in [3.63, 3.8) is 0 Å². The Hall–Kier alpha value is -1.85. The molecule has 0 saturated heterocycles. The third-order valence-corrected chi connectivity index (χ3v) is 4.18. The zero-order chi connectivity index (χ0) is 13.6. The molecule has 2 aromatic heterocycles. The average Bonchev–Trinajstić information content (AvgIpc) is 2.83. The van der Waals surface area contributed by atoms with E-state index in [2.05, 4.69) is 21.9 Å². The van der Waals surface area contributed by atoms with Gasteiger partial charge in [-0.05, 0) is 18.8 Å². The van der Waals surface area contributed by atoms with Crippen LogP contribution in [-0.2, 0) is 7.05 Å². The lowest BCUT2D eigenvalue weighted by atomic mass is 9.83. The Labute approximate surface area is 109 Å². The van der Waals surface area contributed by atoms with Crippen molar-refractivity contribution in [1.29, 1.82) is 0 Å².